The van der Waals surface area contributed by atoms with Gasteiger partial charge in [-0.2, -0.15) is 0 Å². The number of carbonyl (C=O) groups is 2. The van der Waals surface area contributed by atoms with Gasteiger partial charge in [0.2, 0.25) is 12.7 Å². The van der Waals surface area contributed by atoms with Gasteiger partial charge in [0.15, 0.2) is 16.6 Å². The summed E-state index contributed by atoms with van der Waals surface area (Å²) in [6.07, 6.45) is 1.31. The Kier molecular flexibility index (Phi) is 5.14. The van der Waals surface area contributed by atoms with Crippen LogP contribution in [0.1, 0.15) is 22.5 Å². The van der Waals surface area contributed by atoms with Gasteiger partial charge < -0.3 is 19.7 Å². The highest BCUT2D eigenvalue weighted by Crippen LogP contribution is 2.36. The molecule has 2 aliphatic rings. The topological polar surface area (TPSA) is 80.8 Å². The highest BCUT2D eigenvalue weighted by molar-refractivity contribution is 7.14. The number of hydrogen-bond donors (Lipinski definition) is 1. The quantitative estimate of drug-likeness (QED) is 0.660. The molecule has 4 heterocycles. The van der Waals surface area contributed by atoms with Gasteiger partial charge in [-0.25, -0.2) is 4.98 Å². The van der Waals surface area contributed by atoms with E-state index in [2.05, 4.69) is 10.3 Å². The fourth-order valence-corrected chi connectivity index (χ4v) is 5.04. The minimum absolute atomic E-state index is 0.0372. The van der Waals surface area contributed by atoms with Crippen LogP contribution in [0.3, 0.4) is 0 Å². The number of piperidine rings is 1. The first-order valence-electron chi connectivity index (χ1n) is 9.66. The summed E-state index contributed by atoms with van der Waals surface area (Å²) in [6, 6.07) is 9.40. The van der Waals surface area contributed by atoms with Crippen molar-refractivity contribution < 1.29 is 19.1 Å². The number of carbonyl (C=O) groups excluding carboxylic acids is 2. The molecule has 9 heteroatoms. The predicted octanol–water partition coefficient (Wildman–Crippen LogP) is 4.09. The second-order valence-electron chi connectivity index (χ2n) is 7.14. The number of anilines is 1. The summed E-state index contributed by atoms with van der Waals surface area (Å²) >= 11 is 2.84. The number of hydrogen-bond acceptors (Lipinski definition) is 7. The molecule has 2 aromatic heterocycles. The van der Waals surface area contributed by atoms with Gasteiger partial charge in [0, 0.05) is 30.0 Å². The lowest BCUT2D eigenvalue weighted by Crippen LogP contribution is -2.41. The number of fused-ring (bicyclic) bond motifs is 1. The van der Waals surface area contributed by atoms with E-state index in [1.165, 1.54) is 22.7 Å². The largest absolute Gasteiger partial charge is 0.454 e. The number of benzene rings is 1. The molecule has 0 atom stereocenters. The smallest absolute Gasteiger partial charge is 0.263 e. The molecule has 2 aliphatic heterocycles. The molecule has 0 aliphatic carbocycles. The van der Waals surface area contributed by atoms with E-state index in [1.807, 2.05) is 46.0 Å². The van der Waals surface area contributed by atoms with Gasteiger partial charge >= 0.3 is 0 Å². The SMILES string of the molecule is O=C(Nc1nc(-c2ccc3c(c2)OCO3)cs1)C1CCN(C(=O)c2cccs2)CC1. The maximum absolute atomic E-state index is 12.7. The van der Waals surface area contributed by atoms with E-state index in [0.717, 1.165) is 21.9 Å². The predicted molar refractivity (Wildman–Crippen MR) is 115 cm³/mol. The number of amides is 2. The highest BCUT2D eigenvalue weighted by Gasteiger charge is 2.28. The summed E-state index contributed by atoms with van der Waals surface area (Å²) in [4.78, 5) is 32.3. The zero-order chi connectivity index (χ0) is 20.5. The molecule has 1 fully saturated rings. The lowest BCUT2D eigenvalue weighted by Gasteiger charge is -2.30. The van der Waals surface area contributed by atoms with E-state index in [0.29, 0.717) is 36.8 Å². The Hall–Kier alpha value is -2.91. The van der Waals surface area contributed by atoms with Gasteiger partial charge in [-0.3, -0.25) is 9.59 Å². The lowest BCUT2D eigenvalue weighted by atomic mass is 9.96. The number of thiophene rings is 1. The van der Waals surface area contributed by atoms with E-state index in [4.69, 9.17) is 9.47 Å². The standard InChI is InChI=1S/C21H19N3O4S2/c25-19(13-5-7-24(8-6-13)20(26)18-2-1-9-29-18)23-21-22-15(11-30-21)14-3-4-16-17(10-14)28-12-27-16/h1-4,9-11,13H,5-8,12H2,(H,22,23,25). The van der Waals surface area contributed by atoms with Crippen LogP contribution in [0.15, 0.2) is 41.1 Å². The van der Waals surface area contributed by atoms with E-state index < -0.39 is 0 Å². The zero-order valence-corrected chi connectivity index (χ0v) is 17.6. The molecule has 2 amide bonds. The third-order valence-electron chi connectivity index (χ3n) is 5.29. The van der Waals surface area contributed by atoms with Gasteiger partial charge in [0.25, 0.3) is 5.91 Å². The second-order valence-corrected chi connectivity index (χ2v) is 8.94. The van der Waals surface area contributed by atoms with Crippen molar-refractivity contribution in [3.8, 4) is 22.8 Å². The average Bonchev–Trinajstić information content (AvgIpc) is 3.54. The van der Waals surface area contributed by atoms with Crippen molar-refractivity contribution in [3.63, 3.8) is 0 Å². The van der Waals surface area contributed by atoms with E-state index in [-0.39, 0.29) is 24.5 Å². The summed E-state index contributed by atoms with van der Waals surface area (Å²) in [5.74, 6) is 1.33. The molecule has 154 valence electrons. The number of thiazole rings is 1. The molecule has 0 unspecified atom stereocenters. The molecule has 1 saturated heterocycles. The third kappa shape index (κ3) is 3.78. The van der Waals surface area contributed by atoms with Crippen LogP contribution in [-0.4, -0.2) is 41.6 Å². The number of likely N-dealkylation sites (tertiary alicyclic amines) is 1. The summed E-state index contributed by atoms with van der Waals surface area (Å²) < 4.78 is 10.8. The van der Waals surface area contributed by atoms with Gasteiger partial charge in [0.1, 0.15) is 0 Å². The minimum atomic E-state index is -0.115. The lowest BCUT2D eigenvalue weighted by molar-refractivity contribution is -0.121. The number of aromatic nitrogens is 1. The Bertz CT molecular complexity index is 1070. The van der Waals surface area contributed by atoms with Crippen LogP contribution in [0, 0.1) is 5.92 Å². The van der Waals surface area contributed by atoms with Crippen molar-refractivity contribution in [3.05, 3.63) is 46.0 Å². The first kappa shape index (κ1) is 19.1. The first-order valence-corrected chi connectivity index (χ1v) is 11.4. The van der Waals surface area contributed by atoms with Crippen LogP contribution in [-0.2, 0) is 4.79 Å². The maximum Gasteiger partial charge on any atom is 0.263 e. The van der Waals surface area contributed by atoms with E-state index in [9.17, 15) is 9.59 Å². The van der Waals surface area contributed by atoms with Crippen LogP contribution < -0.4 is 14.8 Å². The fraction of sp³-hybridized carbons (Fsp3) is 0.286. The molecule has 0 saturated carbocycles. The molecule has 1 N–H and O–H groups in total. The van der Waals surface area contributed by atoms with E-state index >= 15 is 0 Å². The van der Waals surface area contributed by atoms with Crippen LogP contribution in [0.4, 0.5) is 5.13 Å². The normalized spacial score (nSPS) is 15.9. The van der Waals surface area contributed by atoms with Crippen LogP contribution in [0.2, 0.25) is 0 Å². The van der Waals surface area contributed by atoms with Crippen LogP contribution >= 0.6 is 22.7 Å². The van der Waals surface area contributed by atoms with Gasteiger partial charge in [-0.15, -0.1) is 22.7 Å². The summed E-state index contributed by atoms with van der Waals surface area (Å²) in [5.41, 5.74) is 1.70. The molecular formula is C21H19N3O4S2. The maximum atomic E-state index is 12.7. The Balaban J connectivity index is 1.18. The van der Waals surface area contributed by atoms with Crippen molar-refractivity contribution in [2.75, 3.05) is 25.2 Å². The Morgan fingerprint density at radius 3 is 2.73 bits per heavy atom. The molecule has 3 aromatic rings. The summed E-state index contributed by atoms with van der Waals surface area (Å²) in [6.45, 7) is 1.42. The van der Waals surface area contributed by atoms with Gasteiger partial charge in [-0.05, 0) is 42.5 Å². The molecular weight excluding hydrogens is 422 g/mol. The average molecular weight is 442 g/mol. The summed E-state index contributed by atoms with van der Waals surface area (Å²) in [5, 5.41) is 7.32. The fourth-order valence-electron chi connectivity index (χ4n) is 3.63. The van der Waals surface area contributed by atoms with Crippen molar-refractivity contribution in [1.29, 1.82) is 0 Å². The first-order chi connectivity index (χ1) is 14.7. The Labute approximate surface area is 181 Å². The zero-order valence-electron chi connectivity index (χ0n) is 16.0. The van der Waals surface area contributed by atoms with Crippen molar-refractivity contribution in [2.45, 2.75) is 12.8 Å². The number of nitrogens with zero attached hydrogens (tertiary/aromatic N) is 2. The van der Waals surface area contributed by atoms with Gasteiger partial charge in [0.05, 0.1) is 10.6 Å². The molecule has 5 rings (SSSR count). The summed E-state index contributed by atoms with van der Waals surface area (Å²) in [7, 11) is 0. The Morgan fingerprint density at radius 1 is 1.10 bits per heavy atom. The van der Waals surface area contributed by atoms with E-state index in [1.54, 1.807) is 0 Å². The van der Waals surface area contributed by atoms with Crippen molar-refractivity contribution in [2.24, 2.45) is 5.92 Å². The highest BCUT2D eigenvalue weighted by atomic mass is 32.1. The van der Waals surface area contributed by atoms with Gasteiger partial charge in [-0.1, -0.05) is 6.07 Å². The molecule has 0 spiro atoms. The Morgan fingerprint density at radius 2 is 1.93 bits per heavy atom. The second kappa shape index (κ2) is 8.08. The third-order valence-corrected chi connectivity index (χ3v) is 6.90. The molecule has 0 bridgehead atoms. The van der Waals surface area contributed by atoms with Crippen molar-refractivity contribution in [1.82, 2.24) is 9.88 Å². The van der Waals surface area contributed by atoms with Crippen LogP contribution in [0.25, 0.3) is 11.3 Å². The molecule has 0 radical (unpaired) electrons. The monoisotopic (exact) mass is 441 g/mol. The molecule has 7 nitrogen and oxygen atoms in total. The minimum Gasteiger partial charge on any atom is -0.454 e. The molecule has 30 heavy (non-hydrogen) atoms. The molecule has 1 aromatic carbocycles. The number of nitrogens with one attached hydrogen (secondary N) is 1. The van der Waals surface area contributed by atoms with Crippen LogP contribution in [0.5, 0.6) is 11.5 Å². The number of ether oxygens (including phenoxy) is 2. The number of rotatable bonds is 4. The van der Waals surface area contributed by atoms with Crippen molar-refractivity contribution >= 4 is 39.6 Å².